The maximum Gasteiger partial charge on any atom is 0.161 e. The van der Waals surface area contributed by atoms with Gasteiger partial charge in [-0.15, -0.1) is 0 Å². The van der Waals surface area contributed by atoms with Gasteiger partial charge in [0.05, 0.1) is 46.4 Å². The van der Waals surface area contributed by atoms with Crippen molar-refractivity contribution in [3.05, 3.63) is 77.9 Å². The fraction of sp³-hybridized carbons (Fsp3) is 0.222. The lowest BCUT2D eigenvalue weighted by molar-refractivity contribution is 0.355. The van der Waals surface area contributed by atoms with Crippen molar-refractivity contribution in [3.8, 4) is 45.5 Å². The highest BCUT2D eigenvalue weighted by atomic mass is 16.5. The Hall–Kier alpha value is -3.93. The largest absolute Gasteiger partial charge is 0.493 e. The van der Waals surface area contributed by atoms with Crippen molar-refractivity contribution >= 4 is 0 Å². The van der Waals surface area contributed by atoms with Gasteiger partial charge in [-0.3, -0.25) is 4.68 Å². The summed E-state index contributed by atoms with van der Waals surface area (Å²) in [6, 6.07) is 22.3. The fourth-order valence-corrected chi connectivity index (χ4v) is 3.77. The first-order chi connectivity index (χ1) is 16.1. The number of benzene rings is 3. The van der Waals surface area contributed by atoms with Crippen LogP contribution in [0, 0.1) is 6.92 Å². The Morgan fingerprint density at radius 2 is 1.18 bits per heavy atom. The molecule has 3 aromatic carbocycles. The van der Waals surface area contributed by atoms with Gasteiger partial charge >= 0.3 is 0 Å². The zero-order valence-electron chi connectivity index (χ0n) is 19.6. The number of hydrogen-bond acceptors (Lipinski definition) is 5. The Morgan fingerprint density at radius 1 is 0.636 bits per heavy atom. The SMILES string of the molecule is COc1ccc(-c2cc(-c3ccc(OC)c(OC)c3)n(Cc3ccc(C)cc3)n2)cc1OC. The summed E-state index contributed by atoms with van der Waals surface area (Å²) in [7, 11) is 6.53. The third-order valence-electron chi connectivity index (χ3n) is 5.59. The first-order valence-electron chi connectivity index (χ1n) is 10.6. The lowest BCUT2D eigenvalue weighted by atomic mass is 10.1. The highest BCUT2D eigenvalue weighted by Crippen LogP contribution is 2.36. The molecule has 6 nitrogen and oxygen atoms in total. The minimum Gasteiger partial charge on any atom is -0.493 e. The predicted octanol–water partition coefficient (Wildman–Crippen LogP) is 5.61. The third-order valence-corrected chi connectivity index (χ3v) is 5.59. The van der Waals surface area contributed by atoms with Gasteiger partial charge in [-0.05, 0) is 55.0 Å². The molecule has 0 fully saturated rings. The van der Waals surface area contributed by atoms with E-state index in [1.807, 2.05) is 41.1 Å². The molecule has 0 spiro atoms. The number of aryl methyl sites for hydroxylation is 1. The van der Waals surface area contributed by atoms with Crippen LogP contribution in [0.5, 0.6) is 23.0 Å². The van der Waals surface area contributed by atoms with Crippen LogP contribution < -0.4 is 18.9 Å². The van der Waals surface area contributed by atoms with Crippen molar-refractivity contribution in [1.82, 2.24) is 9.78 Å². The van der Waals surface area contributed by atoms with Crippen LogP contribution in [0.15, 0.2) is 66.7 Å². The van der Waals surface area contributed by atoms with E-state index < -0.39 is 0 Å². The lowest BCUT2D eigenvalue weighted by Crippen LogP contribution is -2.04. The van der Waals surface area contributed by atoms with E-state index in [9.17, 15) is 0 Å². The molecule has 1 heterocycles. The van der Waals surface area contributed by atoms with Gasteiger partial charge in [-0.1, -0.05) is 29.8 Å². The van der Waals surface area contributed by atoms with E-state index in [1.54, 1.807) is 28.4 Å². The second kappa shape index (κ2) is 9.69. The first-order valence-corrected chi connectivity index (χ1v) is 10.6. The maximum absolute atomic E-state index is 5.53. The normalized spacial score (nSPS) is 10.7. The molecule has 0 atom stereocenters. The minimum atomic E-state index is 0.636. The molecular formula is C27H28N2O4. The molecule has 0 amide bonds. The Labute approximate surface area is 194 Å². The topological polar surface area (TPSA) is 54.7 Å². The molecule has 4 rings (SSSR count). The zero-order valence-corrected chi connectivity index (χ0v) is 19.6. The van der Waals surface area contributed by atoms with Gasteiger partial charge in [0, 0.05) is 11.1 Å². The molecule has 33 heavy (non-hydrogen) atoms. The Kier molecular flexibility index (Phi) is 6.54. The fourth-order valence-electron chi connectivity index (χ4n) is 3.77. The monoisotopic (exact) mass is 444 g/mol. The van der Waals surface area contributed by atoms with Crippen LogP contribution >= 0.6 is 0 Å². The van der Waals surface area contributed by atoms with Crippen LogP contribution in [-0.4, -0.2) is 38.2 Å². The molecular weight excluding hydrogens is 416 g/mol. The number of rotatable bonds is 8. The third kappa shape index (κ3) is 4.65. The molecule has 170 valence electrons. The van der Waals surface area contributed by atoms with E-state index in [2.05, 4.69) is 37.3 Å². The average Bonchev–Trinajstić information content (AvgIpc) is 3.28. The first kappa shape index (κ1) is 22.3. The molecule has 0 saturated carbocycles. The highest BCUT2D eigenvalue weighted by Gasteiger charge is 2.16. The van der Waals surface area contributed by atoms with Crippen LogP contribution in [-0.2, 0) is 6.54 Å². The minimum absolute atomic E-state index is 0.636. The summed E-state index contributed by atoms with van der Waals surface area (Å²) in [6.45, 7) is 2.72. The van der Waals surface area contributed by atoms with E-state index in [0.29, 0.717) is 29.5 Å². The van der Waals surface area contributed by atoms with Crippen molar-refractivity contribution in [2.75, 3.05) is 28.4 Å². The Bertz CT molecular complexity index is 1250. The van der Waals surface area contributed by atoms with Gasteiger partial charge in [0.2, 0.25) is 0 Å². The lowest BCUT2D eigenvalue weighted by Gasteiger charge is -2.11. The van der Waals surface area contributed by atoms with Crippen LogP contribution in [0.4, 0.5) is 0 Å². The van der Waals surface area contributed by atoms with E-state index in [0.717, 1.165) is 22.5 Å². The van der Waals surface area contributed by atoms with Gasteiger partial charge in [0.25, 0.3) is 0 Å². The van der Waals surface area contributed by atoms with Crippen LogP contribution in [0.1, 0.15) is 11.1 Å². The summed E-state index contributed by atoms with van der Waals surface area (Å²) >= 11 is 0. The van der Waals surface area contributed by atoms with Crippen LogP contribution in [0.25, 0.3) is 22.5 Å². The van der Waals surface area contributed by atoms with E-state index in [-0.39, 0.29) is 0 Å². The van der Waals surface area contributed by atoms with Gasteiger partial charge in [-0.25, -0.2) is 0 Å². The van der Waals surface area contributed by atoms with E-state index in [4.69, 9.17) is 24.0 Å². The van der Waals surface area contributed by atoms with Crippen molar-refractivity contribution in [2.24, 2.45) is 0 Å². The average molecular weight is 445 g/mol. The van der Waals surface area contributed by atoms with Crippen LogP contribution in [0.2, 0.25) is 0 Å². The molecule has 4 aromatic rings. The van der Waals surface area contributed by atoms with Gasteiger partial charge < -0.3 is 18.9 Å². The second-order valence-electron chi connectivity index (χ2n) is 7.70. The Morgan fingerprint density at radius 3 is 1.76 bits per heavy atom. The van der Waals surface area contributed by atoms with Crippen molar-refractivity contribution in [1.29, 1.82) is 0 Å². The Balaban J connectivity index is 1.82. The van der Waals surface area contributed by atoms with E-state index >= 15 is 0 Å². The second-order valence-corrected chi connectivity index (χ2v) is 7.70. The zero-order chi connectivity index (χ0) is 23.4. The molecule has 0 aliphatic heterocycles. The van der Waals surface area contributed by atoms with E-state index in [1.165, 1.54) is 11.1 Å². The van der Waals surface area contributed by atoms with Gasteiger partial charge in [0.1, 0.15) is 0 Å². The van der Waals surface area contributed by atoms with Gasteiger partial charge in [-0.2, -0.15) is 5.10 Å². The van der Waals surface area contributed by atoms with Crippen molar-refractivity contribution in [3.63, 3.8) is 0 Å². The smallest absolute Gasteiger partial charge is 0.161 e. The molecule has 0 N–H and O–H groups in total. The summed E-state index contributed by atoms with van der Waals surface area (Å²) in [5.41, 5.74) is 6.14. The van der Waals surface area contributed by atoms with Gasteiger partial charge in [0.15, 0.2) is 23.0 Å². The van der Waals surface area contributed by atoms with Crippen molar-refractivity contribution in [2.45, 2.75) is 13.5 Å². The molecule has 0 aliphatic carbocycles. The number of hydrogen-bond donors (Lipinski definition) is 0. The molecule has 0 bridgehead atoms. The molecule has 0 unspecified atom stereocenters. The predicted molar refractivity (Wildman–Crippen MR) is 130 cm³/mol. The summed E-state index contributed by atoms with van der Waals surface area (Å²) in [5, 5.41) is 4.95. The maximum atomic E-state index is 5.53. The number of nitrogens with zero attached hydrogens (tertiary/aromatic N) is 2. The quantitative estimate of drug-likeness (QED) is 0.354. The summed E-state index contributed by atoms with van der Waals surface area (Å²) < 4.78 is 23.8. The number of methoxy groups -OCH3 is 4. The summed E-state index contributed by atoms with van der Waals surface area (Å²) in [5.74, 6) is 2.70. The number of ether oxygens (including phenoxy) is 4. The van der Waals surface area contributed by atoms with Crippen LogP contribution in [0.3, 0.4) is 0 Å². The standard InChI is InChI=1S/C27H28N2O4/c1-18-6-8-19(9-7-18)17-29-23(21-11-13-25(31-3)27(15-21)33-5)16-22(28-29)20-10-12-24(30-2)26(14-20)32-4/h6-16H,17H2,1-5H3. The highest BCUT2D eigenvalue weighted by molar-refractivity contribution is 5.72. The molecule has 0 saturated heterocycles. The van der Waals surface area contributed by atoms with Crippen molar-refractivity contribution < 1.29 is 18.9 Å². The molecule has 1 aromatic heterocycles. The number of aromatic nitrogens is 2. The molecule has 0 aliphatic rings. The molecule has 6 heteroatoms. The summed E-state index contributed by atoms with van der Waals surface area (Å²) in [6.07, 6.45) is 0. The summed E-state index contributed by atoms with van der Waals surface area (Å²) in [4.78, 5) is 0. The molecule has 0 radical (unpaired) electrons.